The Labute approximate surface area is 142 Å². The number of hydrogen-bond donors (Lipinski definition) is 0. The van der Waals surface area contributed by atoms with Crippen LogP contribution in [0.25, 0.3) is 0 Å². The van der Waals surface area contributed by atoms with E-state index in [-0.39, 0.29) is 6.10 Å². The van der Waals surface area contributed by atoms with Gasteiger partial charge in [-0.25, -0.2) is 0 Å². The highest BCUT2D eigenvalue weighted by Gasteiger charge is 2.08. The highest BCUT2D eigenvalue weighted by Crippen LogP contribution is 2.15. The topological polar surface area (TPSA) is 26.3 Å². The van der Waals surface area contributed by atoms with Crippen LogP contribution >= 0.6 is 0 Å². The van der Waals surface area contributed by atoms with Crippen LogP contribution in [0.2, 0.25) is 0 Å². The van der Waals surface area contributed by atoms with Crippen molar-refractivity contribution in [3.63, 3.8) is 0 Å². The fourth-order valence-corrected chi connectivity index (χ4v) is 2.85. The van der Waals surface area contributed by atoms with Gasteiger partial charge in [0.1, 0.15) is 6.29 Å². The number of ether oxygens (including phenoxy) is 1. The van der Waals surface area contributed by atoms with Crippen LogP contribution in [0.1, 0.15) is 83.1 Å². The molecule has 0 amide bonds. The van der Waals surface area contributed by atoms with Gasteiger partial charge >= 0.3 is 0 Å². The molecule has 130 valence electrons. The van der Waals surface area contributed by atoms with Crippen molar-refractivity contribution in [1.82, 2.24) is 0 Å². The zero-order valence-electron chi connectivity index (χ0n) is 14.8. The summed E-state index contributed by atoms with van der Waals surface area (Å²) in [6.45, 7) is 2.87. The number of aldehydes is 1. The van der Waals surface area contributed by atoms with Crippen LogP contribution in [0.5, 0.6) is 0 Å². The Hall–Kier alpha value is -1.15. The van der Waals surface area contributed by atoms with Crippen molar-refractivity contribution in [2.45, 2.75) is 90.3 Å². The van der Waals surface area contributed by atoms with Gasteiger partial charge in [0.2, 0.25) is 0 Å². The Bertz CT molecular complexity index is 375. The maximum atomic E-state index is 10.8. The second-order valence-corrected chi connectivity index (χ2v) is 6.44. The summed E-state index contributed by atoms with van der Waals surface area (Å²) in [5.74, 6) is 0. The molecule has 0 saturated carbocycles. The molecule has 1 rings (SSSR count). The van der Waals surface area contributed by atoms with E-state index >= 15 is 0 Å². The predicted octanol–water partition coefficient (Wildman–Crippen LogP) is 6.08. The SMILES string of the molecule is CCCCCCCCCCC[C@@H](CC=O)OCc1ccccc1. The van der Waals surface area contributed by atoms with E-state index in [9.17, 15) is 4.79 Å². The highest BCUT2D eigenvalue weighted by atomic mass is 16.5. The molecule has 0 aliphatic rings. The highest BCUT2D eigenvalue weighted by molar-refractivity contribution is 5.50. The van der Waals surface area contributed by atoms with E-state index in [0.717, 1.165) is 12.7 Å². The lowest BCUT2D eigenvalue weighted by atomic mass is 10.0. The van der Waals surface area contributed by atoms with Gasteiger partial charge in [0, 0.05) is 6.42 Å². The fourth-order valence-electron chi connectivity index (χ4n) is 2.85. The molecule has 0 heterocycles. The molecule has 2 nitrogen and oxygen atoms in total. The van der Waals surface area contributed by atoms with Crippen LogP contribution in [-0.2, 0) is 16.1 Å². The molecule has 1 atom stereocenters. The smallest absolute Gasteiger partial charge is 0.122 e. The van der Waals surface area contributed by atoms with E-state index in [1.165, 1.54) is 63.4 Å². The summed E-state index contributed by atoms with van der Waals surface area (Å²) in [5, 5.41) is 0. The molecular formula is C21H34O2. The Kier molecular flexibility index (Phi) is 12.5. The summed E-state index contributed by atoms with van der Waals surface area (Å²) >= 11 is 0. The van der Waals surface area contributed by atoms with Crippen molar-refractivity contribution in [2.24, 2.45) is 0 Å². The quantitative estimate of drug-likeness (QED) is 0.289. The standard InChI is InChI=1S/C21H34O2/c1-2-3-4-5-6-7-8-9-13-16-21(17-18-22)23-19-20-14-11-10-12-15-20/h10-12,14-15,18,21H,2-9,13,16-17,19H2,1H3/t21-/m0/s1. The van der Waals surface area contributed by atoms with E-state index in [1.807, 2.05) is 18.2 Å². The fraction of sp³-hybridized carbons (Fsp3) is 0.667. The second-order valence-electron chi connectivity index (χ2n) is 6.44. The largest absolute Gasteiger partial charge is 0.373 e. The van der Waals surface area contributed by atoms with E-state index in [4.69, 9.17) is 4.74 Å². The van der Waals surface area contributed by atoms with Crippen molar-refractivity contribution < 1.29 is 9.53 Å². The van der Waals surface area contributed by atoms with Gasteiger partial charge in [-0.2, -0.15) is 0 Å². The maximum absolute atomic E-state index is 10.8. The minimum Gasteiger partial charge on any atom is -0.373 e. The first-order valence-electron chi connectivity index (χ1n) is 9.46. The van der Waals surface area contributed by atoms with Gasteiger partial charge in [0.25, 0.3) is 0 Å². The molecular weight excluding hydrogens is 284 g/mol. The van der Waals surface area contributed by atoms with E-state index in [0.29, 0.717) is 13.0 Å². The molecule has 0 aliphatic heterocycles. The van der Waals surface area contributed by atoms with Gasteiger partial charge in [0.15, 0.2) is 0 Å². The zero-order valence-corrected chi connectivity index (χ0v) is 14.8. The van der Waals surface area contributed by atoms with Crippen molar-refractivity contribution in [2.75, 3.05) is 0 Å². The second kappa shape index (κ2) is 14.4. The average molecular weight is 319 g/mol. The number of rotatable bonds is 15. The molecule has 0 aromatic heterocycles. The van der Waals surface area contributed by atoms with Gasteiger partial charge in [-0.1, -0.05) is 95.0 Å². The molecule has 0 unspecified atom stereocenters. The third-order valence-electron chi connectivity index (χ3n) is 4.32. The molecule has 1 aromatic rings. The molecule has 1 aromatic carbocycles. The first kappa shape index (κ1) is 19.9. The van der Waals surface area contributed by atoms with Crippen molar-refractivity contribution in [3.05, 3.63) is 35.9 Å². The lowest BCUT2D eigenvalue weighted by Crippen LogP contribution is -2.13. The summed E-state index contributed by atoms with van der Waals surface area (Å²) in [6.07, 6.45) is 14.6. The molecule has 0 spiro atoms. The van der Waals surface area contributed by atoms with Crippen molar-refractivity contribution in [3.8, 4) is 0 Å². The van der Waals surface area contributed by atoms with E-state index in [1.54, 1.807) is 0 Å². The number of hydrogen-bond acceptors (Lipinski definition) is 2. The minimum atomic E-state index is 0.0808. The zero-order chi connectivity index (χ0) is 16.6. The Morgan fingerprint density at radius 1 is 0.913 bits per heavy atom. The van der Waals surface area contributed by atoms with Gasteiger partial charge in [0.05, 0.1) is 12.7 Å². The Balaban J connectivity index is 2.05. The van der Waals surface area contributed by atoms with Crippen LogP contribution in [-0.4, -0.2) is 12.4 Å². The maximum Gasteiger partial charge on any atom is 0.122 e. The summed E-state index contributed by atoms with van der Waals surface area (Å²) < 4.78 is 5.91. The summed E-state index contributed by atoms with van der Waals surface area (Å²) in [7, 11) is 0. The molecule has 0 N–H and O–H groups in total. The first-order valence-corrected chi connectivity index (χ1v) is 9.46. The van der Waals surface area contributed by atoms with E-state index in [2.05, 4.69) is 19.1 Å². The molecule has 0 aliphatic carbocycles. The molecule has 0 fully saturated rings. The van der Waals surface area contributed by atoms with E-state index < -0.39 is 0 Å². The van der Waals surface area contributed by atoms with Crippen LogP contribution in [0.3, 0.4) is 0 Å². The van der Waals surface area contributed by atoms with Crippen LogP contribution < -0.4 is 0 Å². The summed E-state index contributed by atoms with van der Waals surface area (Å²) in [6, 6.07) is 10.2. The average Bonchev–Trinajstić information content (AvgIpc) is 2.59. The lowest BCUT2D eigenvalue weighted by Gasteiger charge is -2.15. The van der Waals surface area contributed by atoms with Gasteiger partial charge in [-0.15, -0.1) is 0 Å². The molecule has 0 saturated heterocycles. The van der Waals surface area contributed by atoms with Crippen molar-refractivity contribution >= 4 is 6.29 Å². The molecule has 2 heteroatoms. The summed E-state index contributed by atoms with van der Waals surface area (Å²) in [5.41, 5.74) is 1.18. The number of carbonyl (C=O) groups is 1. The van der Waals surface area contributed by atoms with Gasteiger partial charge in [-0.3, -0.25) is 0 Å². The van der Waals surface area contributed by atoms with Crippen LogP contribution in [0, 0.1) is 0 Å². The summed E-state index contributed by atoms with van der Waals surface area (Å²) in [4.78, 5) is 10.8. The molecule has 0 radical (unpaired) electrons. The first-order chi connectivity index (χ1) is 11.4. The number of carbonyl (C=O) groups excluding carboxylic acids is 1. The van der Waals surface area contributed by atoms with Crippen molar-refractivity contribution in [1.29, 1.82) is 0 Å². The predicted molar refractivity (Wildman–Crippen MR) is 97.5 cm³/mol. The Morgan fingerprint density at radius 3 is 2.13 bits per heavy atom. The van der Waals surface area contributed by atoms with Crippen LogP contribution in [0.15, 0.2) is 30.3 Å². The number of benzene rings is 1. The lowest BCUT2D eigenvalue weighted by molar-refractivity contribution is -0.110. The normalized spacial score (nSPS) is 12.2. The van der Waals surface area contributed by atoms with Crippen LogP contribution in [0.4, 0.5) is 0 Å². The molecule has 23 heavy (non-hydrogen) atoms. The number of unbranched alkanes of at least 4 members (excludes halogenated alkanes) is 8. The minimum absolute atomic E-state index is 0.0808. The van der Waals surface area contributed by atoms with Gasteiger partial charge in [-0.05, 0) is 12.0 Å². The third kappa shape index (κ3) is 11.1. The monoisotopic (exact) mass is 318 g/mol. The Morgan fingerprint density at radius 2 is 1.52 bits per heavy atom. The molecule has 0 bridgehead atoms. The third-order valence-corrected chi connectivity index (χ3v) is 4.32. The van der Waals surface area contributed by atoms with Gasteiger partial charge < -0.3 is 9.53 Å².